The number of carbonyl (C=O) groups excluding carboxylic acids is 1. The molecule has 4 heteroatoms. The summed E-state index contributed by atoms with van der Waals surface area (Å²) in [6, 6.07) is 1.93. The Bertz CT molecular complexity index is 355. The van der Waals surface area contributed by atoms with Crippen molar-refractivity contribution in [1.29, 1.82) is 0 Å². The molecule has 0 aromatic heterocycles. The van der Waals surface area contributed by atoms with Crippen LogP contribution in [0.25, 0.3) is 0 Å². The molecule has 0 aromatic rings. The molecule has 2 saturated carbocycles. The zero-order chi connectivity index (χ0) is 21.5. The molecular formula is C24H50N2O2. The Balaban J connectivity index is 0.000000376. The number of carbonyl (C=O) groups is 1. The molecule has 0 bridgehead atoms. The minimum atomic E-state index is 0.334. The summed E-state index contributed by atoms with van der Waals surface area (Å²) in [6.07, 6.45) is 12.3. The third kappa shape index (κ3) is 12.8. The van der Waals surface area contributed by atoms with Gasteiger partial charge in [0.05, 0.1) is 12.2 Å². The molecule has 3 fully saturated rings. The number of hydrogen-bond acceptors (Lipinski definition) is 3. The lowest BCUT2D eigenvalue weighted by Gasteiger charge is -2.30. The first-order valence-corrected chi connectivity index (χ1v) is 12.0. The average molecular weight is 399 g/mol. The van der Waals surface area contributed by atoms with E-state index in [0.29, 0.717) is 30.2 Å². The quantitative estimate of drug-likeness (QED) is 0.623. The lowest BCUT2D eigenvalue weighted by Crippen LogP contribution is -2.40. The third-order valence-electron chi connectivity index (χ3n) is 5.17. The fraction of sp³-hybridized carbons (Fsp3) is 0.958. The summed E-state index contributed by atoms with van der Waals surface area (Å²) in [5.74, 6) is 0.334. The van der Waals surface area contributed by atoms with Crippen LogP contribution in [0, 0.1) is 0 Å². The van der Waals surface area contributed by atoms with Crippen molar-refractivity contribution in [2.24, 2.45) is 0 Å². The minimum Gasteiger partial charge on any atom is -0.376 e. The lowest BCUT2D eigenvalue weighted by molar-refractivity contribution is -0.135. The normalized spacial score (nSPS) is 19.7. The SMILES string of the molecule is CC.CC(C)N1CCCCC1=O.CC(C)NC1CCC1.CC(C)OC1CCC1. The van der Waals surface area contributed by atoms with E-state index in [0.717, 1.165) is 25.4 Å². The predicted octanol–water partition coefficient (Wildman–Crippen LogP) is 5.93. The van der Waals surface area contributed by atoms with Gasteiger partial charge in [-0.3, -0.25) is 4.79 Å². The Labute approximate surface area is 176 Å². The van der Waals surface area contributed by atoms with Gasteiger partial charge in [0.15, 0.2) is 0 Å². The van der Waals surface area contributed by atoms with Crippen molar-refractivity contribution in [2.45, 2.75) is 144 Å². The molecule has 0 radical (unpaired) electrons. The van der Waals surface area contributed by atoms with Gasteiger partial charge in [0.2, 0.25) is 5.91 Å². The van der Waals surface area contributed by atoms with Gasteiger partial charge in [-0.1, -0.05) is 34.1 Å². The van der Waals surface area contributed by atoms with Gasteiger partial charge in [-0.15, -0.1) is 0 Å². The molecule has 3 aliphatic rings. The van der Waals surface area contributed by atoms with Crippen molar-refractivity contribution >= 4 is 5.91 Å². The van der Waals surface area contributed by atoms with E-state index in [-0.39, 0.29) is 0 Å². The topological polar surface area (TPSA) is 41.6 Å². The van der Waals surface area contributed by atoms with Gasteiger partial charge in [0.1, 0.15) is 0 Å². The van der Waals surface area contributed by atoms with Crippen molar-refractivity contribution < 1.29 is 9.53 Å². The predicted molar refractivity (Wildman–Crippen MR) is 122 cm³/mol. The van der Waals surface area contributed by atoms with Crippen LogP contribution in [-0.2, 0) is 9.53 Å². The Morgan fingerprint density at radius 2 is 1.46 bits per heavy atom. The van der Waals surface area contributed by atoms with Crippen molar-refractivity contribution in [2.75, 3.05) is 6.54 Å². The maximum atomic E-state index is 11.2. The minimum absolute atomic E-state index is 0.334. The van der Waals surface area contributed by atoms with Gasteiger partial charge in [-0.05, 0) is 72.6 Å². The summed E-state index contributed by atoms with van der Waals surface area (Å²) >= 11 is 0. The standard InChI is InChI=1S/C8H15NO.C7H15N.C7H14O.C2H6/c1-7(2)9-6-4-3-5-8(9)10;2*1-6(2)8-7-4-3-5-7;1-2/h7H,3-6H2,1-2H3;6-8H,3-5H2,1-2H3;6-7H,3-5H2,1-2H3;1-2H3. The van der Waals surface area contributed by atoms with E-state index in [1.54, 1.807) is 0 Å². The Morgan fingerprint density at radius 1 is 0.893 bits per heavy atom. The first-order valence-electron chi connectivity index (χ1n) is 12.0. The van der Waals surface area contributed by atoms with E-state index in [9.17, 15) is 4.79 Å². The Morgan fingerprint density at radius 3 is 1.68 bits per heavy atom. The highest BCUT2D eigenvalue weighted by molar-refractivity contribution is 5.77. The number of likely N-dealkylation sites (tertiary alicyclic amines) is 1. The summed E-state index contributed by atoms with van der Waals surface area (Å²) in [7, 11) is 0. The van der Waals surface area contributed by atoms with Crippen molar-refractivity contribution in [3.8, 4) is 0 Å². The number of ether oxygens (including phenoxy) is 1. The van der Waals surface area contributed by atoms with Gasteiger partial charge < -0.3 is 15.0 Å². The smallest absolute Gasteiger partial charge is 0.222 e. The molecule has 1 saturated heterocycles. The molecule has 168 valence electrons. The summed E-state index contributed by atoms with van der Waals surface area (Å²) in [5, 5.41) is 3.48. The molecule has 0 spiro atoms. The zero-order valence-corrected chi connectivity index (χ0v) is 20.2. The summed E-state index contributed by atoms with van der Waals surface area (Å²) < 4.78 is 5.49. The van der Waals surface area contributed by atoms with Crippen molar-refractivity contribution in [3.63, 3.8) is 0 Å². The second-order valence-corrected chi connectivity index (χ2v) is 8.82. The second-order valence-electron chi connectivity index (χ2n) is 8.82. The van der Waals surface area contributed by atoms with Crippen LogP contribution in [0.5, 0.6) is 0 Å². The molecule has 0 atom stereocenters. The molecule has 1 heterocycles. The molecule has 3 rings (SSSR count). The number of rotatable bonds is 5. The number of hydrogen-bond donors (Lipinski definition) is 1. The highest BCUT2D eigenvalue weighted by Gasteiger charge is 2.20. The summed E-state index contributed by atoms with van der Waals surface area (Å²) in [5.41, 5.74) is 0. The van der Waals surface area contributed by atoms with Gasteiger partial charge >= 0.3 is 0 Å². The van der Waals surface area contributed by atoms with Gasteiger partial charge in [0.25, 0.3) is 0 Å². The number of amides is 1. The Kier molecular flexibility index (Phi) is 15.9. The largest absolute Gasteiger partial charge is 0.376 e. The van der Waals surface area contributed by atoms with Crippen LogP contribution in [0.2, 0.25) is 0 Å². The van der Waals surface area contributed by atoms with E-state index in [1.807, 2.05) is 18.7 Å². The molecule has 1 amide bonds. The van der Waals surface area contributed by atoms with Crippen LogP contribution < -0.4 is 5.32 Å². The van der Waals surface area contributed by atoms with E-state index >= 15 is 0 Å². The monoisotopic (exact) mass is 398 g/mol. The molecule has 1 N–H and O–H groups in total. The van der Waals surface area contributed by atoms with E-state index in [4.69, 9.17) is 4.74 Å². The average Bonchev–Trinajstić information content (AvgIpc) is 2.58. The van der Waals surface area contributed by atoms with Crippen molar-refractivity contribution in [3.05, 3.63) is 0 Å². The molecular weight excluding hydrogens is 348 g/mol. The van der Waals surface area contributed by atoms with Crippen LogP contribution in [0.4, 0.5) is 0 Å². The van der Waals surface area contributed by atoms with Crippen LogP contribution in [0.1, 0.15) is 113 Å². The van der Waals surface area contributed by atoms with Gasteiger partial charge in [-0.25, -0.2) is 0 Å². The first kappa shape index (κ1) is 27.4. The van der Waals surface area contributed by atoms with E-state index in [2.05, 4.69) is 46.9 Å². The Hall–Kier alpha value is -0.610. The molecule has 0 unspecified atom stereocenters. The number of nitrogens with zero attached hydrogens (tertiary/aromatic N) is 1. The van der Waals surface area contributed by atoms with Crippen LogP contribution in [0.15, 0.2) is 0 Å². The van der Waals surface area contributed by atoms with Gasteiger partial charge in [-0.2, -0.15) is 0 Å². The summed E-state index contributed by atoms with van der Waals surface area (Å²) in [6.45, 7) is 17.7. The van der Waals surface area contributed by atoms with Crippen LogP contribution in [-0.4, -0.2) is 47.7 Å². The number of piperidine rings is 1. The third-order valence-corrected chi connectivity index (χ3v) is 5.17. The molecule has 1 aliphatic heterocycles. The van der Waals surface area contributed by atoms with E-state index in [1.165, 1.54) is 44.9 Å². The fourth-order valence-corrected chi connectivity index (χ4v) is 3.31. The van der Waals surface area contributed by atoms with Crippen LogP contribution in [0.3, 0.4) is 0 Å². The molecule has 28 heavy (non-hydrogen) atoms. The molecule has 2 aliphatic carbocycles. The second kappa shape index (κ2) is 16.2. The highest BCUT2D eigenvalue weighted by Crippen LogP contribution is 2.22. The maximum Gasteiger partial charge on any atom is 0.222 e. The highest BCUT2D eigenvalue weighted by atomic mass is 16.5. The van der Waals surface area contributed by atoms with Crippen molar-refractivity contribution in [1.82, 2.24) is 10.2 Å². The van der Waals surface area contributed by atoms with Crippen LogP contribution >= 0.6 is 0 Å². The fourth-order valence-electron chi connectivity index (χ4n) is 3.31. The first-order chi connectivity index (χ1) is 13.3. The molecule has 4 nitrogen and oxygen atoms in total. The lowest BCUT2D eigenvalue weighted by atomic mass is 9.93. The van der Waals surface area contributed by atoms with Gasteiger partial charge in [0, 0.05) is 31.1 Å². The zero-order valence-electron chi connectivity index (χ0n) is 20.2. The van der Waals surface area contributed by atoms with E-state index < -0.39 is 0 Å². The maximum absolute atomic E-state index is 11.2. The molecule has 0 aromatic carbocycles. The summed E-state index contributed by atoms with van der Waals surface area (Å²) in [4.78, 5) is 13.1. The number of nitrogens with one attached hydrogen (secondary N) is 1.